The van der Waals surface area contributed by atoms with E-state index in [1.165, 1.54) is 0 Å². The van der Waals surface area contributed by atoms with Crippen LogP contribution in [-0.2, 0) is 7.05 Å². The van der Waals surface area contributed by atoms with Crippen molar-refractivity contribution in [2.75, 3.05) is 31.6 Å². The molecular formula is C10H20N4. The van der Waals surface area contributed by atoms with Crippen molar-refractivity contribution < 1.29 is 0 Å². The molecule has 1 aromatic rings. The van der Waals surface area contributed by atoms with Crippen LogP contribution in [0.5, 0.6) is 0 Å². The summed E-state index contributed by atoms with van der Waals surface area (Å²) < 4.78 is 2.06. The molecule has 1 aromatic heterocycles. The van der Waals surface area contributed by atoms with Crippen LogP contribution in [0.2, 0.25) is 0 Å². The lowest BCUT2D eigenvalue weighted by Gasteiger charge is -2.22. The normalized spacial score (nSPS) is 10.5. The first kappa shape index (κ1) is 11.0. The molecule has 0 aliphatic carbocycles. The van der Waals surface area contributed by atoms with Gasteiger partial charge in [-0.1, -0.05) is 6.92 Å². The smallest absolute Gasteiger partial charge is 0.205 e. The first-order valence-electron chi connectivity index (χ1n) is 5.16. The van der Waals surface area contributed by atoms with Crippen molar-refractivity contribution in [2.45, 2.75) is 13.3 Å². The van der Waals surface area contributed by atoms with Crippen molar-refractivity contribution in [3.05, 3.63) is 12.4 Å². The summed E-state index contributed by atoms with van der Waals surface area (Å²) in [7, 11) is 4.01. The molecular weight excluding hydrogens is 176 g/mol. The van der Waals surface area contributed by atoms with Gasteiger partial charge in [-0.25, -0.2) is 4.98 Å². The van der Waals surface area contributed by atoms with Crippen molar-refractivity contribution >= 4 is 5.95 Å². The van der Waals surface area contributed by atoms with E-state index in [4.69, 9.17) is 0 Å². The zero-order valence-electron chi connectivity index (χ0n) is 9.32. The summed E-state index contributed by atoms with van der Waals surface area (Å²) in [6, 6.07) is 0. The van der Waals surface area contributed by atoms with E-state index in [0.717, 1.165) is 32.0 Å². The Morgan fingerprint density at radius 3 is 2.79 bits per heavy atom. The quantitative estimate of drug-likeness (QED) is 0.732. The highest BCUT2D eigenvalue weighted by Crippen LogP contribution is 2.09. The van der Waals surface area contributed by atoms with Gasteiger partial charge in [-0.3, -0.25) is 0 Å². The first-order chi connectivity index (χ1) is 6.79. The van der Waals surface area contributed by atoms with E-state index in [-0.39, 0.29) is 0 Å². The number of likely N-dealkylation sites (N-methyl/N-ethyl adjacent to an activating group) is 1. The number of rotatable bonds is 6. The van der Waals surface area contributed by atoms with E-state index in [2.05, 4.69) is 26.7 Å². The number of aryl methyl sites for hydroxylation is 1. The highest BCUT2D eigenvalue weighted by atomic mass is 15.3. The second-order valence-corrected chi connectivity index (χ2v) is 3.43. The van der Waals surface area contributed by atoms with Crippen LogP contribution in [0, 0.1) is 0 Å². The molecule has 0 spiro atoms. The minimum absolute atomic E-state index is 0.993. The molecule has 0 amide bonds. The molecule has 0 aliphatic rings. The third-order valence-electron chi connectivity index (χ3n) is 2.20. The van der Waals surface area contributed by atoms with Gasteiger partial charge in [-0.15, -0.1) is 0 Å². The van der Waals surface area contributed by atoms with E-state index in [9.17, 15) is 0 Å². The fourth-order valence-corrected chi connectivity index (χ4v) is 1.49. The fraction of sp³-hybridized carbons (Fsp3) is 0.700. The van der Waals surface area contributed by atoms with E-state index < -0.39 is 0 Å². The molecule has 0 unspecified atom stereocenters. The van der Waals surface area contributed by atoms with Gasteiger partial charge < -0.3 is 14.8 Å². The number of anilines is 1. The topological polar surface area (TPSA) is 33.1 Å². The number of hydrogen-bond donors (Lipinski definition) is 1. The third-order valence-corrected chi connectivity index (χ3v) is 2.20. The van der Waals surface area contributed by atoms with E-state index in [1.807, 2.05) is 26.5 Å². The van der Waals surface area contributed by atoms with Gasteiger partial charge in [-0.2, -0.15) is 0 Å². The van der Waals surface area contributed by atoms with Crippen LogP contribution in [0.4, 0.5) is 5.95 Å². The lowest BCUT2D eigenvalue weighted by atomic mass is 10.4. The predicted octanol–water partition coefficient (Wildman–Crippen LogP) is 0.856. The zero-order chi connectivity index (χ0) is 10.4. The van der Waals surface area contributed by atoms with Gasteiger partial charge in [-0.05, 0) is 13.5 Å². The summed E-state index contributed by atoms with van der Waals surface area (Å²) in [6.07, 6.45) is 4.98. The molecule has 4 nitrogen and oxygen atoms in total. The Morgan fingerprint density at radius 1 is 1.50 bits per heavy atom. The number of hydrogen-bond acceptors (Lipinski definition) is 3. The molecule has 0 aliphatic heterocycles. The molecule has 80 valence electrons. The van der Waals surface area contributed by atoms with Crippen LogP contribution < -0.4 is 10.2 Å². The molecule has 0 radical (unpaired) electrons. The zero-order valence-corrected chi connectivity index (χ0v) is 9.32. The summed E-state index contributed by atoms with van der Waals surface area (Å²) >= 11 is 0. The standard InChI is InChI=1S/C10H20N4/c1-4-7-14(9-5-11-2)10-12-6-8-13(10)3/h6,8,11H,4-5,7,9H2,1-3H3. The van der Waals surface area contributed by atoms with Gasteiger partial charge in [0.15, 0.2) is 0 Å². The lowest BCUT2D eigenvalue weighted by molar-refractivity contribution is 0.679. The second-order valence-electron chi connectivity index (χ2n) is 3.43. The summed E-state index contributed by atoms with van der Waals surface area (Å²) in [4.78, 5) is 6.65. The van der Waals surface area contributed by atoms with Gasteiger partial charge in [0.05, 0.1) is 0 Å². The molecule has 0 aromatic carbocycles. The molecule has 0 bridgehead atoms. The summed E-state index contributed by atoms with van der Waals surface area (Å²) in [5, 5.41) is 3.16. The van der Waals surface area contributed by atoms with Gasteiger partial charge in [0.1, 0.15) is 0 Å². The molecule has 0 atom stereocenters. The molecule has 0 fully saturated rings. The Balaban J connectivity index is 2.62. The Morgan fingerprint density at radius 2 is 2.29 bits per heavy atom. The van der Waals surface area contributed by atoms with Crippen LogP contribution in [0.15, 0.2) is 12.4 Å². The molecule has 1 rings (SSSR count). The van der Waals surface area contributed by atoms with Gasteiger partial charge in [0.25, 0.3) is 0 Å². The molecule has 4 heteroatoms. The number of aromatic nitrogens is 2. The lowest BCUT2D eigenvalue weighted by Crippen LogP contribution is -2.33. The number of imidazole rings is 1. The van der Waals surface area contributed by atoms with Crippen molar-refractivity contribution in [1.29, 1.82) is 0 Å². The third kappa shape index (κ3) is 2.73. The highest BCUT2D eigenvalue weighted by molar-refractivity contribution is 5.30. The number of nitrogens with zero attached hydrogens (tertiary/aromatic N) is 3. The second kappa shape index (κ2) is 5.65. The van der Waals surface area contributed by atoms with E-state index in [0.29, 0.717) is 0 Å². The van der Waals surface area contributed by atoms with Crippen molar-refractivity contribution in [2.24, 2.45) is 7.05 Å². The molecule has 1 heterocycles. The molecule has 0 saturated carbocycles. The Hall–Kier alpha value is -1.03. The molecule has 0 saturated heterocycles. The number of nitrogens with one attached hydrogen (secondary N) is 1. The maximum absolute atomic E-state index is 4.35. The average molecular weight is 196 g/mol. The maximum Gasteiger partial charge on any atom is 0.205 e. The Bertz CT molecular complexity index is 256. The minimum Gasteiger partial charge on any atom is -0.341 e. The summed E-state index contributed by atoms with van der Waals surface area (Å²) in [5.41, 5.74) is 0. The van der Waals surface area contributed by atoms with Gasteiger partial charge >= 0.3 is 0 Å². The highest BCUT2D eigenvalue weighted by Gasteiger charge is 2.08. The monoisotopic (exact) mass is 196 g/mol. The van der Waals surface area contributed by atoms with Crippen LogP contribution in [-0.4, -0.2) is 36.2 Å². The Kier molecular flexibility index (Phi) is 4.46. The minimum atomic E-state index is 0.993. The molecule has 14 heavy (non-hydrogen) atoms. The first-order valence-corrected chi connectivity index (χ1v) is 5.16. The van der Waals surface area contributed by atoms with E-state index in [1.54, 1.807) is 0 Å². The van der Waals surface area contributed by atoms with Gasteiger partial charge in [0, 0.05) is 39.1 Å². The largest absolute Gasteiger partial charge is 0.341 e. The average Bonchev–Trinajstić information content (AvgIpc) is 2.59. The summed E-state index contributed by atoms with van der Waals surface area (Å²) in [6.45, 7) is 5.25. The van der Waals surface area contributed by atoms with E-state index >= 15 is 0 Å². The predicted molar refractivity (Wildman–Crippen MR) is 59.6 cm³/mol. The molecule has 1 N–H and O–H groups in total. The summed E-state index contributed by atoms with van der Waals surface area (Å²) in [5.74, 6) is 1.06. The van der Waals surface area contributed by atoms with Crippen molar-refractivity contribution in [1.82, 2.24) is 14.9 Å². The SMILES string of the molecule is CCCN(CCNC)c1nccn1C. The van der Waals surface area contributed by atoms with Crippen LogP contribution in [0.1, 0.15) is 13.3 Å². The van der Waals surface area contributed by atoms with Crippen molar-refractivity contribution in [3.63, 3.8) is 0 Å². The Labute approximate surface area is 85.9 Å². The van der Waals surface area contributed by atoms with Gasteiger partial charge in [0.2, 0.25) is 5.95 Å². The fourth-order valence-electron chi connectivity index (χ4n) is 1.49. The maximum atomic E-state index is 4.35. The van der Waals surface area contributed by atoms with Crippen LogP contribution in [0.25, 0.3) is 0 Å². The van der Waals surface area contributed by atoms with Crippen LogP contribution in [0.3, 0.4) is 0 Å². The van der Waals surface area contributed by atoms with Crippen molar-refractivity contribution in [3.8, 4) is 0 Å². The van der Waals surface area contributed by atoms with Crippen LogP contribution >= 0.6 is 0 Å².